The first-order chi connectivity index (χ1) is 12.4. The minimum absolute atomic E-state index is 0.0793. The van der Waals surface area contributed by atoms with E-state index in [1.165, 1.54) is 0 Å². The molecule has 26 heavy (non-hydrogen) atoms. The molecule has 0 radical (unpaired) electrons. The lowest BCUT2D eigenvalue weighted by atomic mass is 10.1. The first-order valence-electron chi connectivity index (χ1n) is 8.15. The van der Waals surface area contributed by atoms with E-state index in [0.29, 0.717) is 18.5 Å². The van der Waals surface area contributed by atoms with Crippen LogP contribution in [0.4, 0.5) is 0 Å². The lowest BCUT2D eigenvalue weighted by molar-refractivity contribution is -0.147. The van der Waals surface area contributed by atoms with Gasteiger partial charge in [-0.1, -0.05) is 6.07 Å². The Morgan fingerprint density at radius 3 is 3.04 bits per heavy atom. The molecule has 0 unspecified atom stereocenters. The van der Waals surface area contributed by atoms with Gasteiger partial charge in [0.25, 0.3) is 0 Å². The van der Waals surface area contributed by atoms with Gasteiger partial charge in [0.2, 0.25) is 10.0 Å². The van der Waals surface area contributed by atoms with E-state index in [-0.39, 0.29) is 11.5 Å². The molecule has 2 aromatic rings. The number of aliphatic carboxylic acids is 1. The quantitative estimate of drug-likeness (QED) is 0.770. The normalized spacial score (nSPS) is 21.0. The smallest absolute Gasteiger partial charge is 0.329 e. The molecule has 1 fully saturated rings. The van der Waals surface area contributed by atoms with Crippen LogP contribution in [-0.4, -0.2) is 56.4 Å². The van der Waals surface area contributed by atoms with Crippen molar-refractivity contribution in [3.63, 3.8) is 0 Å². The molecule has 3 rings (SSSR count). The predicted molar refractivity (Wildman–Crippen MR) is 93.4 cm³/mol. The number of ether oxygens (including phenoxy) is 2. The van der Waals surface area contributed by atoms with Gasteiger partial charge in [-0.3, -0.25) is 4.98 Å². The van der Waals surface area contributed by atoms with Crippen LogP contribution in [0.1, 0.15) is 12.0 Å². The molecule has 2 atom stereocenters. The summed E-state index contributed by atoms with van der Waals surface area (Å²) in [5.74, 6) is -1.10. The molecule has 1 aliphatic rings. The van der Waals surface area contributed by atoms with Gasteiger partial charge in [-0.05, 0) is 37.1 Å². The van der Waals surface area contributed by atoms with E-state index in [1.54, 1.807) is 24.4 Å². The van der Waals surface area contributed by atoms with Crippen LogP contribution in [0.2, 0.25) is 0 Å². The highest BCUT2D eigenvalue weighted by Gasteiger charge is 2.32. The molecule has 8 nitrogen and oxygen atoms in total. The Labute approximate surface area is 151 Å². The Bertz CT molecular complexity index is 915. The van der Waals surface area contributed by atoms with Crippen LogP contribution in [0, 0.1) is 6.92 Å². The Morgan fingerprint density at radius 1 is 1.46 bits per heavy atom. The highest BCUT2D eigenvalue weighted by Crippen LogP contribution is 2.24. The number of carboxylic acids is 1. The molecule has 9 heteroatoms. The van der Waals surface area contributed by atoms with E-state index in [1.807, 2.05) is 13.0 Å². The van der Waals surface area contributed by atoms with Gasteiger partial charge in [-0.2, -0.15) is 0 Å². The van der Waals surface area contributed by atoms with Gasteiger partial charge >= 0.3 is 5.97 Å². The van der Waals surface area contributed by atoms with Crippen LogP contribution in [-0.2, 0) is 24.3 Å². The van der Waals surface area contributed by atoms with E-state index in [0.717, 1.165) is 10.9 Å². The molecule has 2 heterocycles. The van der Waals surface area contributed by atoms with E-state index in [2.05, 4.69) is 9.71 Å². The summed E-state index contributed by atoms with van der Waals surface area (Å²) in [5, 5.41) is 9.51. The van der Waals surface area contributed by atoms with Crippen molar-refractivity contribution in [3.8, 4) is 0 Å². The molecule has 1 saturated heterocycles. The van der Waals surface area contributed by atoms with Crippen molar-refractivity contribution < 1.29 is 27.8 Å². The summed E-state index contributed by atoms with van der Waals surface area (Å²) in [7, 11) is -3.90. The second-order valence-corrected chi connectivity index (χ2v) is 7.86. The second kappa shape index (κ2) is 7.67. The monoisotopic (exact) mass is 380 g/mol. The van der Waals surface area contributed by atoms with Gasteiger partial charge in [0.15, 0.2) is 0 Å². The fourth-order valence-electron chi connectivity index (χ4n) is 2.98. The lowest BCUT2D eigenvalue weighted by Crippen LogP contribution is -2.50. The highest BCUT2D eigenvalue weighted by molar-refractivity contribution is 7.89. The number of hydrogen-bond acceptors (Lipinski definition) is 6. The first kappa shape index (κ1) is 18.7. The van der Waals surface area contributed by atoms with Crippen molar-refractivity contribution in [2.75, 3.05) is 19.8 Å². The summed E-state index contributed by atoms with van der Waals surface area (Å²) in [5.41, 5.74) is 1.18. The zero-order valence-corrected chi connectivity index (χ0v) is 15.0. The summed E-state index contributed by atoms with van der Waals surface area (Å²) in [6, 6.07) is 6.30. The average molecular weight is 380 g/mol. The minimum Gasteiger partial charge on any atom is -0.480 e. The van der Waals surface area contributed by atoms with Gasteiger partial charge in [0.1, 0.15) is 11.5 Å². The molecule has 2 N–H and O–H groups in total. The molecule has 0 spiro atoms. The van der Waals surface area contributed by atoms with E-state index in [9.17, 15) is 13.2 Å². The largest absolute Gasteiger partial charge is 0.480 e. The Balaban J connectivity index is 1.89. The molecule has 1 aromatic carbocycles. The van der Waals surface area contributed by atoms with Crippen LogP contribution < -0.4 is 4.72 Å². The number of rotatable bonds is 6. The van der Waals surface area contributed by atoms with Crippen LogP contribution in [0.5, 0.6) is 0 Å². The summed E-state index contributed by atoms with van der Waals surface area (Å²) in [6.07, 6.45) is 1.38. The summed E-state index contributed by atoms with van der Waals surface area (Å²) in [6.45, 7) is 1.82. The molecule has 0 aliphatic carbocycles. The van der Waals surface area contributed by atoms with E-state index >= 15 is 0 Å². The third-order valence-electron chi connectivity index (χ3n) is 4.12. The SMILES string of the molecule is Cc1cc(S(=O)(=O)N[C@@H]2COCC[C@@H]2OCC(=O)O)c2ncccc2c1. The first-order valence-corrected chi connectivity index (χ1v) is 9.64. The number of aromatic nitrogens is 1. The number of nitrogens with one attached hydrogen (secondary N) is 1. The Morgan fingerprint density at radius 2 is 2.27 bits per heavy atom. The maximum absolute atomic E-state index is 13.0. The van der Waals surface area contributed by atoms with Gasteiger partial charge in [-0.15, -0.1) is 0 Å². The van der Waals surface area contributed by atoms with E-state index < -0.39 is 34.7 Å². The zero-order valence-electron chi connectivity index (χ0n) is 14.2. The lowest BCUT2D eigenvalue weighted by Gasteiger charge is -2.31. The summed E-state index contributed by atoms with van der Waals surface area (Å²) in [4.78, 5) is 15.0. The summed E-state index contributed by atoms with van der Waals surface area (Å²) >= 11 is 0. The van der Waals surface area contributed by atoms with Crippen LogP contribution in [0.15, 0.2) is 35.4 Å². The second-order valence-electron chi connectivity index (χ2n) is 6.17. The number of hydrogen-bond donors (Lipinski definition) is 2. The van der Waals surface area contributed by atoms with E-state index in [4.69, 9.17) is 14.6 Å². The van der Waals surface area contributed by atoms with Crippen LogP contribution >= 0.6 is 0 Å². The summed E-state index contributed by atoms with van der Waals surface area (Å²) < 4.78 is 39.2. The molecule has 0 saturated carbocycles. The van der Waals surface area contributed by atoms with Crippen molar-refractivity contribution >= 4 is 26.9 Å². The van der Waals surface area contributed by atoms with Crippen molar-refractivity contribution in [1.82, 2.24) is 9.71 Å². The third-order valence-corrected chi connectivity index (χ3v) is 5.63. The third kappa shape index (κ3) is 4.18. The number of benzene rings is 1. The number of nitrogens with zero attached hydrogens (tertiary/aromatic N) is 1. The predicted octanol–water partition coefficient (Wildman–Crippen LogP) is 1.08. The number of fused-ring (bicyclic) bond motifs is 1. The molecule has 140 valence electrons. The number of aryl methyl sites for hydroxylation is 1. The zero-order chi connectivity index (χ0) is 18.7. The van der Waals surface area contributed by atoms with Crippen molar-refractivity contribution in [2.24, 2.45) is 0 Å². The fourth-order valence-corrected chi connectivity index (χ4v) is 4.49. The Kier molecular flexibility index (Phi) is 5.52. The molecule has 0 amide bonds. The fraction of sp³-hybridized carbons (Fsp3) is 0.412. The maximum Gasteiger partial charge on any atom is 0.329 e. The molecular weight excluding hydrogens is 360 g/mol. The molecule has 1 aromatic heterocycles. The molecule has 1 aliphatic heterocycles. The number of pyridine rings is 1. The Hall–Kier alpha value is -2.07. The van der Waals surface area contributed by atoms with Crippen molar-refractivity contribution in [3.05, 3.63) is 36.0 Å². The van der Waals surface area contributed by atoms with Crippen LogP contribution in [0.25, 0.3) is 10.9 Å². The van der Waals surface area contributed by atoms with Gasteiger partial charge in [0, 0.05) is 18.2 Å². The van der Waals surface area contributed by atoms with Crippen molar-refractivity contribution in [1.29, 1.82) is 0 Å². The minimum atomic E-state index is -3.90. The van der Waals surface area contributed by atoms with Crippen molar-refractivity contribution in [2.45, 2.75) is 30.4 Å². The topological polar surface area (TPSA) is 115 Å². The van der Waals surface area contributed by atoms with Gasteiger partial charge < -0.3 is 14.6 Å². The maximum atomic E-state index is 13.0. The molecule has 0 bridgehead atoms. The number of carbonyl (C=O) groups is 1. The number of carboxylic acid groups (broad SMARTS) is 1. The molecular formula is C17H20N2O6S. The van der Waals surface area contributed by atoms with Crippen LogP contribution in [0.3, 0.4) is 0 Å². The standard InChI is InChI=1S/C17H20N2O6S/c1-11-7-12-3-2-5-18-17(12)15(8-11)26(22,23)19-13-9-24-6-4-14(13)25-10-16(20)21/h2-3,5,7-8,13-14,19H,4,6,9-10H2,1H3,(H,20,21)/t13-,14+/m1/s1. The highest BCUT2D eigenvalue weighted by atomic mass is 32.2. The van der Waals surface area contributed by atoms with Gasteiger partial charge in [0.05, 0.1) is 24.3 Å². The number of sulfonamides is 1. The van der Waals surface area contributed by atoms with Gasteiger partial charge in [-0.25, -0.2) is 17.9 Å². The average Bonchev–Trinajstić information content (AvgIpc) is 2.60.